The van der Waals surface area contributed by atoms with Gasteiger partial charge in [0.15, 0.2) is 5.84 Å². The van der Waals surface area contributed by atoms with Crippen molar-refractivity contribution < 1.29 is 0 Å². The maximum Gasteiger partial charge on any atom is 0.201 e. The number of nitriles is 1. The lowest BCUT2D eigenvalue weighted by molar-refractivity contribution is 0.949. The van der Waals surface area contributed by atoms with Gasteiger partial charge in [-0.3, -0.25) is 10.8 Å². The van der Waals surface area contributed by atoms with Crippen LogP contribution in [0.25, 0.3) is 0 Å². The highest BCUT2D eigenvalue weighted by atomic mass is 15.3. The van der Waals surface area contributed by atoms with E-state index < -0.39 is 0 Å². The molecule has 0 radical (unpaired) electrons. The fourth-order valence-corrected chi connectivity index (χ4v) is 2.21. The SMILES string of the molecule is Cc1cc(N2CCCC2)ccc1N/N=C(\C#N)C(=N)N. The van der Waals surface area contributed by atoms with Gasteiger partial charge in [-0.05, 0) is 43.5 Å². The lowest BCUT2D eigenvalue weighted by atomic mass is 10.1. The van der Waals surface area contributed by atoms with E-state index in [2.05, 4.69) is 21.5 Å². The van der Waals surface area contributed by atoms with Crippen molar-refractivity contribution in [2.45, 2.75) is 19.8 Å². The highest BCUT2D eigenvalue weighted by molar-refractivity contribution is 6.45. The van der Waals surface area contributed by atoms with Crippen molar-refractivity contribution in [2.75, 3.05) is 23.4 Å². The molecule has 4 N–H and O–H groups in total. The maximum atomic E-state index is 8.78. The number of nitrogens with one attached hydrogen (secondary N) is 2. The van der Waals surface area contributed by atoms with Crippen LogP contribution in [0.1, 0.15) is 18.4 Å². The second kappa shape index (κ2) is 6.06. The number of aryl methyl sites for hydroxylation is 1. The molecular weight excluding hydrogens is 252 g/mol. The predicted molar refractivity (Wildman–Crippen MR) is 81.2 cm³/mol. The molecule has 1 fully saturated rings. The first-order valence-corrected chi connectivity index (χ1v) is 6.55. The second-order valence-corrected chi connectivity index (χ2v) is 4.79. The summed E-state index contributed by atoms with van der Waals surface area (Å²) in [7, 11) is 0. The Hall–Kier alpha value is -2.55. The first-order valence-electron chi connectivity index (χ1n) is 6.55. The average Bonchev–Trinajstić information content (AvgIpc) is 2.94. The number of rotatable bonds is 4. The van der Waals surface area contributed by atoms with Gasteiger partial charge < -0.3 is 10.6 Å². The number of hydrogen-bond acceptors (Lipinski definition) is 5. The summed E-state index contributed by atoms with van der Waals surface area (Å²) in [6.45, 7) is 4.19. The summed E-state index contributed by atoms with van der Waals surface area (Å²) in [6, 6.07) is 7.85. The molecular formula is C14H18N6. The van der Waals surface area contributed by atoms with Gasteiger partial charge in [-0.25, -0.2) is 0 Å². The summed E-state index contributed by atoms with van der Waals surface area (Å²) in [5.74, 6) is -0.341. The van der Waals surface area contributed by atoms with Crippen molar-refractivity contribution in [2.24, 2.45) is 10.8 Å². The van der Waals surface area contributed by atoms with Crippen molar-refractivity contribution in [1.82, 2.24) is 0 Å². The van der Waals surface area contributed by atoms with Gasteiger partial charge in [-0.15, -0.1) is 0 Å². The molecule has 6 heteroatoms. The van der Waals surface area contributed by atoms with Crippen molar-refractivity contribution in [3.63, 3.8) is 0 Å². The molecule has 2 rings (SSSR count). The Bertz CT molecular complexity index is 578. The molecule has 1 aliphatic heterocycles. The molecule has 1 aromatic rings. The molecule has 104 valence electrons. The Kier molecular flexibility index (Phi) is 4.20. The van der Waals surface area contributed by atoms with E-state index in [1.165, 1.54) is 18.5 Å². The molecule has 0 saturated carbocycles. The molecule has 0 unspecified atom stereocenters. The first kappa shape index (κ1) is 13.9. The smallest absolute Gasteiger partial charge is 0.201 e. The third-order valence-electron chi connectivity index (χ3n) is 3.33. The highest BCUT2D eigenvalue weighted by Gasteiger charge is 2.13. The summed E-state index contributed by atoms with van der Waals surface area (Å²) in [5.41, 5.74) is 11.0. The molecule has 1 aliphatic rings. The largest absolute Gasteiger partial charge is 0.382 e. The summed E-state index contributed by atoms with van der Waals surface area (Å²) in [5, 5.41) is 19.8. The van der Waals surface area contributed by atoms with Gasteiger partial charge in [0.25, 0.3) is 0 Å². The number of nitrogens with zero attached hydrogens (tertiary/aromatic N) is 3. The number of benzene rings is 1. The topological polar surface area (TPSA) is 101 Å². The number of hydrogen-bond donors (Lipinski definition) is 3. The van der Waals surface area contributed by atoms with Crippen molar-refractivity contribution >= 4 is 22.9 Å². The molecule has 1 saturated heterocycles. The third kappa shape index (κ3) is 3.06. The fourth-order valence-electron chi connectivity index (χ4n) is 2.21. The van der Waals surface area contributed by atoms with Gasteiger partial charge in [0.2, 0.25) is 5.71 Å². The Balaban J connectivity index is 2.14. The number of hydrazone groups is 1. The van der Waals surface area contributed by atoms with Crippen molar-refractivity contribution in [3.8, 4) is 6.07 Å². The van der Waals surface area contributed by atoms with Crippen LogP contribution in [0, 0.1) is 23.7 Å². The molecule has 0 aromatic heterocycles. The van der Waals surface area contributed by atoms with E-state index in [1.54, 1.807) is 6.07 Å². The number of anilines is 2. The lowest BCUT2D eigenvalue weighted by Gasteiger charge is -2.19. The van der Waals surface area contributed by atoms with Crippen LogP contribution in [0.15, 0.2) is 23.3 Å². The average molecular weight is 270 g/mol. The monoisotopic (exact) mass is 270 g/mol. The van der Waals surface area contributed by atoms with E-state index in [-0.39, 0.29) is 11.5 Å². The van der Waals surface area contributed by atoms with Gasteiger partial charge in [-0.2, -0.15) is 10.4 Å². The zero-order valence-corrected chi connectivity index (χ0v) is 11.5. The molecule has 1 aromatic carbocycles. The van der Waals surface area contributed by atoms with E-state index in [4.69, 9.17) is 16.4 Å². The minimum absolute atomic E-state index is 0.118. The van der Waals surface area contributed by atoms with Gasteiger partial charge in [0.1, 0.15) is 6.07 Å². The van der Waals surface area contributed by atoms with Gasteiger partial charge in [0, 0.05) is 18.8 Å². The molecule has 0 spiro atoms. The van der Waals surface area contributed by atoms with E-state index in [0.717, 1.165) is 24.3 Å². The van der Waals surface area contributed by atoms with Crippen molar-refractivity contribution in [1.29, 1.82) is 10.7 Å². The predicted octanol–water partition coefficient (Wildman–Crippen LogP) is 1.82. The zero-order chi connectivity index (χ0) is 14.5. The van der Waals surface area contributed by atoms with Crippen LogP contribution in [0.5, 0.6) is 0 Å². The Morgan fingerprint density at radius 1 is 1.45 bits per heavy atom. The Morgan fingerprint density at radius 2 is 2.15 bits per heavy atom. The molecule has 0 aliphatic carbocycles. The molecule has 0 bridgehead atoms. The van der Waals surface area contributed by atoms with Gasteiger partial charge in [0.05, 0.1) is 5.69 Å². The van der Waals surface area contributed by atoms with Crippen LogP contribution in [-0.4, -0.2) is 24.6 Å². The first-order chi connectivity index (χ1) is 9.61. The van der Waals surface area contributed by atoms with Crippen molar-refractivity contribution in [3.05, 3.63) is 23.8 Å². The number of nitrogens with two attached hydrogens (primary N) is 1. The normalized spacial score (nSPS) is 15.0. The zero-order valence-electron chi connectivity index (χ0n) is 11.5. The van der Waals surface area contributed by atoms with Crippen LogP contribution < -0.4 is 16.1 Å². The van der Waals surface area contributed by atoms with Crippen LogP contribution >= 0.6 is 0 Å². The van der Waals surface area contributed by atoms with Gasteiger partial charge >= 0.3 is 0 Å². The van der Waals surface area contributed by atoms with Crippen LogP contribution in [0.2, 0.25) is 0 Å². The van der Waals surface area contributed by atoms with E-state index in [0.29, 0.717) is 0 Å². The van der Waals surface area contributed by atoms with E-state index in [1.807, 2.05) is 19.1 Å². The molecule has 20 heavy (non-hydrogen) atoms. The van der Waals surface area contributed by atoms with Crippen LogP contribution in [0.4, 0.5) is 11.4 Å². The third-order valence-corrected chi connectivity index (χ3v) is 3.33. The highest BCUT2D eigenvalue weighted by Crippen LogP contribution is 2.25. The minimum Gasteiger partial charge on any atom is -0.382 e. The van der Waals surface area contributed by atoms with E-state index >= 15 is 0 Å². The molecule has 0 amide bonds. The molecule has 0 atom stereocenters. The van der Waals surface area contributed by atoms with Crippen LogP contribution in [0.3, 0.4) is 0 Å². The Morgan fingerprint density at radius 3 is 2.70 bits per heavy atom. The quantitative estimate of drug-likeness (QED) is 0.441. The summed E-state index contributed by atoms with van der Waals surface area (Å²) < 4.78 is 0. The van der Waals surface area contributed by atoms with E-state index in [9.17, 15) is 0 Å². The lowest BCUT2D eigenvalue weighted by Crippen LogP contribution is -2.22. The molecule has 1 heterocycles. The second-order valence-electron chi connectivity index (χ2n) is 4.79. The van der Waals surface area contributed by atoms with Gasteiger partial charge in [-0.1, -0.05) is 0 Å². The Labute approximate surface area is 118 Å². The number of amidine groups is 1. The minimum atomic E-state index is -0.341. The molecule has 6 nitrogen and oxygen atoms in total. The fraction of sp³-hybridized carbons (Fsp3) is 0.357. The van der Waals surface area contributed by atoms with Crippen LogP contribution in [-0.2, 0) is 0 Å². The standard InChI is InChI=1S/C14H18N6/c1-10-8-11(20-6-2-3-7-20)4-5-12(10)18-19-13(9-15)14(16)17/h4-5,8,18H,2-3,6-7H2,1H3,(H3,16,17)/b19-13+. The maximum absolute atomic E-state index is 8.78. The summed E-state index contributed by atoms with van der Waals surface area (Å²) >= 11 is 0. The summed E-state index contributed by atoms with van der Waals surface area (Å²) in [6.07, 6.45) is 2.49. The summed E-state index contributed by atoms with van der Waals surface area (Å²) in [4.78, 5) is 2.36.